The Morgan fingerprint density at radius 1 is 1.11 bits per heavy atom. The van der Waals surface area contributed by atoms with Gasteiger partial charge >= 0.3 is 0 Å². The number of phenols is 2. The number of phenolic OH excluding ortho intramolecular Hbond substituents is 2. The number of alkyl halides is 1. The molecule has 2 rings (SSSR count). The molecule has 19 heavy (non-hydrogen) atoms. The quantitative estimate of drug-likeness (QED) is 0.832. The van der Waals surface area contributed by atoms with Gasteiger partial charge < -0.3 is 10.2 Å². The third-order valence-electron chi connectivity index (χ3n) is 3.53. The Hall–Kier alpha value is -1.72. The highest BCUT2D eigenvalue weighted by atomic mass is 19.2. The zero-order valence-electron chi connectivity index (χ0n) is 10.0. The fourth-order valence-electron chi connectivity index (χ4n) is 2.61. The van der Waals surface area contributed by atoms with Gasteiger partial charge in [-0.05, 0) is 18.8 Å². The van der Waals surface area contributed by atoms with Crippen LogP contribution in [-0.4, -0.2) is 22.7 Å². The lowest BCUT2D eigenvalue weighted by Gasteiger charge is -2.17. The highest BCUT2D eigenvalue weighted by Gasteiger charge is 2.32. The number of carbonyl (C=O) groups is 1. The van der Waals surface area contributed by atoms with Gasteiger partial charge in [-0.2, -0.15) is 4.39 Å². The maximum absolute atomic E-state index is 13.6. The molecule has 6 heteroatoms. The molecule has 1 fully saturated rings. The van der Waals surface area contributed by atoms with Gasteiger partial charge in [0.25, 0.3) is 0 Å². The molecule has 0 saturated heterocycles. The molecule has 0 radical (unpaired) electrons. The maximum Gasteiger partial charge on any atom is 0.201 e. The molecule has 0 spiro atoms. The molecule has 1 aromatic rings. The number of carbonyl (C=O) groups excluding carboxylic acids is 1. The van der Waals surface area contributed by atoms with Crippen LogP contribution in [0.25, 0.3) is 0 Å². The molecule has 3 nitrogen and oxygen atoms in total. The second-order valence-corrected chi connectivity index (χ2v) is 4.65. The van der Waals surface area contributed by atoms with Crippen LogP contribution >= 0.6 is 0 Å². The minimum absolute atomic E-state index is 0.187. The Balaban J connectivity index is 2.66. The van der Waals surface area contributed by atoms with Crippen molar-refractivity contribution in [3.63, 3.8) is 0 Å². The average molecular weight is 274 g/mol. The lowest BCUT2D eigenvalue weighted by atomic mass is 9.92. The van der Waals surface area contributed by atoms with E-state index < -0.39 is 41.2 Å². The number of hydrogen-bond acceptors (Lipinski definition) is 3. The van der Waals surface area contributed by atoms with Crippen molar-refractivity contribution >= 4 is 5.78 Å². The molecule has 0 unspecified atom stereocenters. The largest absolute Gasteiger partial charge is 0.507 e. The van der Waals surface area contributed by atoms with Crippen molar-refractivity contribution in [3.8, 4) is 11.5 Å². The summed E-state index contributed by atoms with van der Waals surface area (Å²) in [7, 11) is 0. The van der Waals surface area contributed by atoms with E-state index in [4.69, 9.17) is 0 Å². The van der Waals surface area contributed by atoms with E-state index in [1.165, 1.54) is 0 Å². The molecule has 0 aliphatic heterocycles. The number of halogens is 3. The lowest BCUT2D eigenvalue weighted by Crippen LogP contribution is -2.10. The van der Waals surface area contributed by atoms with Gasteiger partial charge in [-0.3, -0.25) is 4.79 Å². The minimum Gasteiger partial charge on any atom is -0.507 e. The molecule has 1 aliphatic carbocycles. The fourth-order valence-corrected chi connectivity index (χ4v) is 2.61. The maximum atomic E-state index is 13.6. The predicted molar refractivity (Wildman–Crippen MR) is 61.2 cm³/mol. The summed E-state index contributed by atoms with van der Waals surface area (Å²) < 4.78 is 39.5. The Morgan fingerprint density at radius 2 is 1.68 bits per heavy atom. The van der Waals surface area contributed by atoms with Crippen molar-refractivity contribution in [3.05, 3.63) is 22.8 Å². The Labute approximate surface area is 107 Å². The summed E-state index contributed by atoms with van der Waals surface area (Å²) in [6.07, 6.45) is 2.84. The summed E-state index contributed by atoms with van der Waals surface area (Å²) in [5.41, 5.74) is -1.20. The topological polar surface area (TPSA) is 57.5 Å². The van der Waals surface area contributed by atoms with Crippen LogP contribution in [0.1, 0.15) is 47.5 Å². The Bertz CT molecular complexity index is 523. The van der Waals surface area contributed by atoms with Gasteiger partial charge in [-0.1, -0.05) is 12.8 Å². The minimum atomic E-state index is -1.71. The van der Waals surface area contributed by atoms with Crippen molar-refractivity contribution in [1.29, 1.82) is 0 Å². The fraction of sp³-hybridized carbons (Fsp3) is 0.462. The number of ketones is 1. The zero-order valence-corrected chi connectivity index (χ0v) is 10.0. The van der Waals surface area contributed by atoms with Gasteiger partial charge in [0.1, 0.15) is 11.3 Å². The third kappa shape index (κ3) is 2.15. The van der Waals surface area contributed by atoms with Gasteiger partial charge in [0, 0.05) is 5.56 Å². The van der Waals surface area contributed by atoms with Crippen LogP contribution < -0.4 is 0 Å². The number of hydrogen-bond donors (Lipinski definition) is 2. The standard InChI is InChI=1S/C13H13F3O3/c14-5-7(17)9-10(15)11(16)13(19)8(12(9)18)6-3-1-2-4-6/h6,18-19H,1-5H2. The van der Waals surface area contributed by atoms with E-state index in [1.54, 1.807) is 0 Å². The Kier molecular flexibility index (Phi) is 3.68. The summed E-state index contributed by atoms with van der Waals surface area (Å²) in [5.74, 6) is -6.84. The highest BCUT2D eigenvalue weighted by Crippen LogP contribution is 2.46. The summed E-state index contributed by atoms with van der Waals surface area (Å²) in [4.78, 5) is 11.3. The van der Waals surface area contributed by atoms with E-state index >= 15 is 0 Å². The summed E-state index contributed by atoms with van der Waals surface area (Å²) in [6.45, 7) is -1.54. The number of benzene rings is 1. The first-order valence-corrected chi connectivity index (χ1v) is 6.01. The molecular weight excluding hydrogens is 261 g/mol. The normalized spacial score (nSPS) is 15.9. The van der Waals surface area contributed by atoms with Crippen LogP contribution in [0.2, 0.25) is 0 Å². The van der Waals surface area contributed by atoms with E-state index in [1.807, 2.05) is 0 Å². The molecule has 0 heterocycles. The smallest absolute Gasteiger partial charge is 0.201 e. The van der Waals surface area contributed by atoms with E-state index in [2.05, 4.69) is 0 Å². The summed E-state index contributed by atoms with van der Waals surface area (Å²) >= 11 is 0. The van der Waals surface area contributed by atoms with E-state index in [0.717, 1.165) is 12.8 Å². The van der Waals surface area contributed by atoms with Crippen LogP contribution in [0, 0.1) is 11.6 Å². The van der Waals surface area contributed by atoms with Crippen molar-refractivity contribution in [2.75, 3.05) is 6.67 Å². The third-order valence-corrected chi connectivity index (χ3v) is 3.53. The van der Waals surface area contributed by atoms with Crippen LogP contribution in [0.3, 0.4) is 0 Å². The molecule has 1 saturated carbocycles. The molecule has 2 N–H and O–H groups in total. The SMILES string of the molecule is O=C(CF)c1c(O)c(C2CCCC2)c(O)c(F)c1F. The van der Waals surface area contributed by atoms with Gasteiger partial charge in [0.15, 0.2) is 18.2 Å². The highest BCUT2D eigenvalue weighted by molar-refractivity contribution is 6.00. The summed E-state index contributed by atoms with van der Waals surface area (Å²) in [5, 5.41) is 19.5. The van der Waals surface area contributed by atoms with Crippen molar-refractivity contribution in [1.82, 2.24) is 0 Å². The van der Waals surface area contributed by atoms with Crippen molar-refractivity contribution in [2.45, 2.75) is 31.6 Å². The van der Waals surface area contributed by atoms with E-state index in [-0.39, 0.29) is 11.5 Å². The van der Waals surface area contributed by atoms with Crippen LogP contribution in [0.4, 0.5) is 13.2 Å². The molecule has 0 amide bonds. The van der Waals surface area contributed by atoms with Crippen LogP contribution in [0.5, 0.6) is 11.5 Å². The molecular formula is C13H13F3O3. The van der Waals surface area contributed by atoms with Crippen LogP contribution in [0.15, 0.2) is 0 Å². The molecule has 104 valence electrons. The zero-order chi connectivity index (χ0) is 14.2. The molecule has 0 atom stereocenters. The van der Waals surface area contributed by atoms with Crippen LogP contribution in [-0.2, 0) is 0 Å². The first-order valence-electron chi connectivity index (χ1n) is 6.01. The molecule has 1 aromatic carbocycles. The second-order valence-electron chi connectivity index (χ2n) is 4.65. The molecule has 0 bridgehead atoms. The Morgan fingerprint density at radius 3 is 2.21 bits per heavy atom. The van der Waals surface area contributed by atoms with Crippen molar-refractivity contribution in [2.24, 2.45) is 0 Å². The van der Waals surface area contributed by atoms with Gasteiger partial charge in [0.05, 0.1) is 0 Å². The first kappa shape index (κ1) is 13.7. The monoisotopic (exact) mass is 274 g/mol. The summed E-state index contributed by atoms with van der Waals surface area (Å²) in [6, 6.07) is 0. The molecule has 0 aromatic heterocycles. The number of aromatic hydroxyl groups is 2. The first-order chi connectivity index (χ1) is 8.99. The van der Waals surface area contributed by atoms with Gasteiger partial charge in [-0.25, -0.2) is 8.78 Å². The number of rotatable bonds is 3. The average Bonchev–Trinajstić information content (AvgIpc) is 2.90. The van der Waals surface area contributed by atoms with Gasteiger partial charge in [0.2, 0.25) is 11.6 Å². The molecule has 1 aliphatic rings. The van der Waals surface area contributed by atoms with E-state index in [9.17, 15) is 28.2 Å². The van der Waals surface area contributed by atoms with Crippen molar-refractivity contribution < 1.29 is 28.2 Å². The van der Waals surface area contributed by atoms with E-state index in [0.29, 0.717) is 12.8 Å². The van der Waals surface area contributed by atoms with Gasteiger partial charge in [-0.15, -0.1) is 0 Å². The second kappa shape index (κ2) is 5.11. The number of Topliss-reactive ketones (excluding diaryl/α,β-unsaturated/α-hetero) is 1. The predicted octanol–water partition coefficient (Wildman–Crippen LogP) is 3.19. The lowest BCUT2D eigenvalue weighted by molar-refractivity contribution is 0.0950.